The Bertz CT molecular complexity index is 530. The number of nitro groups is 1. The van der Waals surface area contributed by atoms with Gasteiger partial charge in [0, 0.05) is 6.04 Å². The smallest absolute Gasteiger partial charge is 0.317 e. The summed E-state index contributed by atoms with van der Waals surface area (Å²) in [4.78, 5) is 10.0. The van der Waals surface area contributed by atoms with Gasteiger partial charge in [-0.25, -0.2) is 4.39 Å². The third kappa shape index (κ3) is 1.30. The summed E-state index contributed by atoms with van der Waals surface area (Å²) in [6, 6.07) is 0.201. The van der Waals surface area contributed by atoms with Crippen molar-refractivity contribution in [3.8, 4) is 11.5 Å². The van der Waals surface area contributed by atoms with Gasteiger partial charge in [-0.15, -0.1) is 0 Å². The quantitative estimate of drug-likeness (QED) is 0.543. The largest absolute Gasteiger partial charge is 0.480 e. The molecule has 0 atom stereocenters. The van der Waals surface area contributed by atoms with Crippen LogP contribution in [0.15, 0.2) is 12.1 Å². The maximum Gasteiger partial charge on any atom is 0.317 e. The minimum atomic E-state index is -0.975. The molecule has 84 valence electrons. The van der Waals surface area contributed by atoms with Crippen molar-refractivity contribution in [2.24, 2.45) is 0 Å². The van der Waals surface area contributed by atoms with Crippen LogP contribution in [0.3, 0.4) is 0 Å². The molecule has 1 aliphatic carbocycles. The summed E-state index contributed by atoms with van der Waals surface area (Å²) in [6.07, 6.45) is 1.52. The van der Waals surface area contributed by atoms with Crippen LogP contribution >= 0.6 is 0 Å². The molecular weight excluding hydrogens is 217 g/mol. The summed E-state index contributed by atoms with van der Waals surface area (Å²) in [5, 5.41) is 10.8. The third-order valence-electron chi connectivity index (χ3n) is 2.74. The van der Waals surface area contributed by atoms with E-state index in [4.69, 9.17) is 10.8 Å². The van der Waals surface area contributed by atoms with Crippen LogP contribution in [0.25, 0.3) is 0 Å². The number of hydrogen-bond donors (Lipinski definition) is 0. The van der Waals surface area contributed by atoms with Crippen LogP contribution < -0.4 is 9.47 Å². The molecule has 0 aromatic heterocycles. The van der Waals surface area contributed by atoms with E-state index < -0.39 is 28.1 Å². The molecule has 16 heavy (non-hydrogen) atoms. The van der Waals surface area contributed by atoms with Crippen molar-refractivity contribution in [1.82, 2.24) is 0 Å². The van der Waals surface area contributed by atoms with Gasteiger partial charge < -0.3 is 9.47 Å². The fourth-order valence-corrected chi connectivity index (χ4v) is 1.69. The monoisotopic (exact) mass is 226 g/mol. The van der Waals surface area contributed by atoms with E-state index in [1.807, 2.05) is 0 Å². The van der Waals surface area contributed by atoms with Gasteiger partial charge >= 0.3 is 5.69 Å². The number of nitrogens with zero attached hydrogens (tertiary/aromatic N) is 1. The Morgan fingerprint density at radius 2 is 2.38 bits per heavy atom. The summed E-state index contributed by atoms with van der Waals surface area (Å²) >= 11 is 0. The average Bonchev–Trinajstić information content (AvgIpc) is 3.03. The number of nitro benzene ring substituents is 1. The zero-order chi connectivity index (χ0) is 12.2. The molecule has 2 aliphatic rings. The fraction of sp³-hybridized carbons (Fsp3) is 0.400. The summed E-state index contributed by atoms with van der Waals surface area (Å²) < 4.78 is 31.6. The second-order valence-electron chi connectivity index (χ2n) is 3.99. The standard InChI is InChI=1S/C10H8FNO4/c11-6-3-7(12(13)14)9-8(4-6)16-10(1-2-10)5-15-9/h3-4H,1-2,5H2/i4D. The van der Waals surface area contributed by atoms with E-state index >= 15 is 0 Å². The first-order chi connectivity index (χ1) is 8.02. The third-order valence-corrected chi connectivity index (χ3v) is 2.74. The lowest BCUT2D eigenvalue weighted by Crippen LogP contribution is -2.31. The first-order valence-electron chi connectivity index (χ1n) is 5.32. The minimum Gasteiger partial charge on any atom is -0.480 e. The molecule has 1 saturated carbocycles. The summed E-state index contributed by atoms with van der Waals surface area (Å²) in [5.41, 5.74) is -0.992. The number of ether oxygens (including phenoxy) is 2. The van der Waals surface area contributed by atoms with Gasteiger partial charge in [0.25, 0.3) is 0 Å². The van der Waals surface area contributed by atoms with Crippen LogP contribution in [0.2, 0.25) is 0 Å². The van der Waals surface area contributed by atoms with E-state index in [9.17, 15) is 14.5 Å². The normalized spacial score (nSPS) is 20.4. The van der Waals surface area contributed by atoms with Crippen molar-refractivity contribution in [2.45, 2.75) is 18.4 Å². The predicted octanol–water partition coefficient (Wildman–Crippen LogP) is 2.04. The Hall–Kier alpha value is -1.85. The molecular formula is C10H8FNO4. The van der Waals surface area contributed by atoms with Crippen LogP contribution in [0, 0.1) is 15.9 Å². The van der Waals surface area contributed by atoms with E-state index in [1.54, 1.807) is 0 Å². The molecule has 1 aromatic carbocycles. The van der Waals surface area contributed by atoms with E-state index in [0.29, 0.717) is 6.07 Å². The molecule has 1 fully saturated rings. The minimum absolute atomic E-state index is 0.140. The van der Waals surface area contributed by atoms with Crippen LogP contribution in [0.1, 0.15) is 14.2 Å². The molecule has 3 rings (SSSR count). The van der Waals surface area contributed by atoms with Gasteiger partial charge in [-0.2, -0.15) is 0 Å². The Morgan fingerprint density at radius 1 is 1.62 bits per heavy atom. The van der Waals surface area contributed by atoms with Gasteiger partial charge in [0.1, 0.15) is 18.0 Å². The van der Waals surface area contributed by atoms with Gasteiger partial charge in [-0.1, -0.05) is 0 Å². The van der Waals surface area contributed by atoms with E-state index in [0.717, 1.165) is 12.8 Å². The molecule has 0 bridgehead atoms. The lowest BCUT2D eigenvalue weighted by molar-refractivity contribution is -0.386. The maximum absolute atomic E-state index is 13.4. The van der Waals surface area contributed by atoms with Crippen molar-refractivity contribution in [1.29, 1.82) is 0 Å². The molecule has 0 amide bonds. The summed E-state index contributed by atoms with van der Waals surface area (Å²) in [6.45, 7) is 0.214. The molecule has 1 spiro atoms. The van der Waals surface area contributed by atoms with Gasteiger partial charge in [-0.3, -0.25) is 10.1 Å². The molecule has 1 heterocycles. The van der Waals surface area contributed by atoms with Crippen molar-refractivity contribution in [3.05, 3.63) is 28.0 Å². The number of rotatable bonds is 1. The molecule has 0 N–H and O–H groups in total. The fourth-order valence-electron chi connectivity index (χ4n) is 1.69. The Balaban J connectivity index is 2.17. The highest BCUT2D eigenvalue weighted by Crippen LogP contribution is 2.50. The lowest BCUT2D eigenvalue weighted by atomic mass is 10.2. The highest BCUT2D eigenvalue weighted by molar-refractivity contribution is 5.57. The van der Waals surface area contributed by atoms with Crippen molar-refractivity contribution in [3.63, 3.8) is 0 Å². The van der Waals surface area contributed by atoms with Gasteiger partial charge in [0.05, 0.1) is 12.4 Å². The molecule has 5 nitrogen and oxygen atoms in total. The van der Waals surface area contributed by atoms with Gasteiger partial charge in [0.2, 0.25) is 5.75 Å². The van der Waals surface area contributed by atoms with E-state index in [1.165, 1.54) is 0 Å². The lowest BCUT2D eigenvalue weighted by Gasteiger charge is -2.25. The van der Waals surface area contributed by atoms with Crippen LogP contribution in [0.5, 0.6) is 11.5 Å². The summed E-state index contributed by atoms with van der Waals surface area (Å²) in [7, 11) is 0. The zero-order valence-electron chi connectivity index (χ0n) is 9.16. The molecule has 0 radical (unpaired) electrons. The topological polar surface area (TPSA) is 61.6 Å². The average molecular weight is 226 g/mol. The van der Waals surface area contributed by atoms with E-state index in [2.05, 4.69) is 0 Å². The molecule has 1 aromatic rings. The SMILES string of the molecule is [2H]c1c(F)cc([N+](=O)[O-])c2c1OC1(CC1)CO2. The molecule has 6 heteroatoms. The second kappa shape index (κ2) is 2.84. The number of halogens is 1. The first-order valence-corrected chi connectivity index (χ1v) is 4.82. The second-order valence-corrected chi connectivity index (χ2v) is 3.99. The number of fused-ring (bicyclic) bond motifs is 1. The highest BCUT2D eigenvalue weighted by Gasteiger charge is 2.50. The zero-order valence-corrected chi connectivity index (χ0v) is 8.16. The van der Waals surface area contributed by atoms with Crippen LogP contribution in [-0.4, -0.2) is 17.1 Å². The predicted molar refractivity (Wildman–Crippen MR) is 51.1 cm³/mol. The van der Waals surface area contributed by atoms with Crippen LogP contribution in [0.4, 0.5) is 10.1 Å². The highest BCUT2D eigenvalue weighted by atomic mass is 19.1. The first kappa shape index (κ1) is 8.32. The maximum atomic E-state index is 13.4. The van der Waals surface area contributed by atoms with Gasteiger partial charge in [-0.05, 0) is 12.8 Å². The van der Waals surface area contributed by atoms with Crippen molar-refractivity contribution >= 4 is 5.69 Å². The molecule has 0 saturated heterocycles. The summed E-state index contributed by atoms with van der Waals surface area (Å²) in [5.74, 6) is -1.27. The van der Waals surface area contributed by atoms with Crippen LogP contribution in [-0.2, 0) is 0 Å². The molecule has 0 unspecified atom stereocenters. The number of hydrogen-bond acceptors (Lipinski definition) is 4. The van der Waals surface area contributed by atoms with E-state index in [-0.39, 0.29) is 18.1 Å². The Morgan fingerprint density at radius 3 is 3.00 bits per heavy atom. The van der Waals surface area contributed by atoms with Gasteiger partial charge in [0.15, 0.2) is 5.75 Å². The Kier molecular flexibility index (Phi) is 1.48. The van der Waals surface area contributed by atoms with Crippen molar-refractivity contribution in [2.75, 3.05) is 6.61 Å². The molecule has 1 aliphatic heterocycles. The van der Waals surface area contributed by atoms with Crippen molar-refractivity contribution < 1.29 is 20.2 Å². The Labute approximate surface area is 91.3 Å². The number of benzene rings is 1.